The summed E-state index contributed by atoms with van der Waals surface area (Å²) in [6.45, 7) is 1.57. The number of hydrogen-bond donors (Lipinski definition) is 0. The lowest BCUT2D eigenvalue weighted by Gasteiger charge is -2.25. The zero-order valence-electron chi connectivity index (χ0n) is 19.5. The Labute approximate surface area is 199 Å². The number of benzene rings is 1. The third-order valence-electron chi connectivity index (χ3n) is 6.35. The summed E-state index contributed by atoms with van der Waals surface area (Å²) < 4.78 is 17.7. The van der Waals surface area contributed by atoms with Crippen LogP contribution in [0.15, 0.2) is 30.5 Å². The molecule has 0 spiro atoms. The summed E-state index contributed by atoms with van der Waals surface area (Å²) in [5.74, 6) is 1.23. The maximum absolute atomic E-state index is 11.8. The van der Waals surface area contributed by atoms with Crippen LogP contribution in [-0.2, 0) is 14.3 Å². The Morgan fingerprint density at radius 2 is 1.76 bits per heavy atom. The fraction of sp³-hybridized carbons (Fsp3) is 0.560. The maximum atomic E-state index is 11.8. The number of methoxy groups -OCH3 is 2. The molecule has 4 rings (SSSR count). The van der Waals surface area contributed by atoms with E-state index in [0.717, 1.165) is 85.1 Å². The molecule has 178 valence electrons. The second-order valence-electron chi connectivity index (χ2n) is 8.65. The fourth-order valence-corrected chi connectivity index (χ4v) is 5.30. The smallest absolute Gasteiger partial charge is 0.308 e. The molecule has 0 saturated heterocycles. The van der Waals surface area contributed by atoms with E-state index in [1.54, 1.807) is 18.4 Å². The molecular weight excluding hydrogens is 438 g/mol. The van der Waals surface area contributed by atoms with E-state index >= 15 is 0 Å². The number of fused-ring (bicyclic) bond motifs is 1. The minimum absolute atomic E-state index is 0.0348. The van der Waals surface area contributed by atoms with Crippen LogP contribution >= 0.6 is 11.3 Å². The summed E-state index contributed by atoms with van der Waals surface area (Å²) in [5.41, 5.74) is 2.15. The van der Waals surface area contributed by atoms with Crippen molar-refractivity contribution in [2.75, 3.05) is 27.4 Å². The van der Waals surface area contributed by atoms with Gasteiger partial charge in [0.1, 0.15) is 10.8 Å². The van der Waals surface area contributed by atoms with Gasteiger partial charge in [0.2, 0.25) is 4.96 Å². The summed E-state index contributed by atoms with van der Waals surface area (Å²) >= 11 is 1.60. The van der Waals surface area contributed by atoms with Crippen LogP contribution in [0.25, 0.3) is 15.5 Å². The molecular formula is C25H33N3O4S. The molecule has 0 bridgehead atoms. The normalized spacial score (nSPS) is 18.5. The van der Waals surface area contributed by atoms with Crippen molar-refractivity contribution >= 4 is 22.3 Å². The first-order valence-corrected chi connectivity index (χ1v) is 12.7. The van der Waals surface area contributed by atoms with Crippen LogP contribution in [0.5, 0.6) is 5.75 Å². The number of aromatic nitrogens is 3. The van der Waals surface area contributed by atoms with Gasteiger partial charge in [-0.15, -0.1) is 0 Å². The highest BCUT2D eigenvalue weighted by Gasteiger charge is 2.29. The monoisotopic (exact) mass is 471 g/mol. The predicted molar refractivity (Wildman–Crippen MR) is 129 cm³/mol. The predicted octanol–water partition coefficient (Wildman–Crippen LogP) is 5.49. The molecule has 1 saturated carbocycles. The molecule has 7 nitrogen and oxygen atoms in total. The van der Waals surface area contributed by atoms with E-state index in [9.17, 15) is 4.79 Å². The molecule has 0 atom stereocenters. The molecule has 3 aromatic rings. The molecule has 2 heterocycles. The molecule has 1 aromatic carbocycles. The van der Waals surface area contributed by atoms with Crippen molar-refractivity contribution in [2.24, 2.45) is 5.92 Å². The molecule has 1 fully saturated rings. The first-order chi connectivity index (χ1) is 16.2. The van der Waals surface area contributed by atoms with Gasteiger partial charge in [-0.1, -0.05) is 17.8 Å². The molecule has 33 heavy (non-hydrogen) atoms. The second kappa shape index (κ2) is 11.6. The highest BCUT2D eigenvalue weighted by atomic mass is 32.1. The zero-order valence-corrected chi connectivity index (χ0v) is 20.3. The Bertz CT molecular complexity index is 991. The average Bonchev–Trinajstić information content (AvgIpc) is 3.43. The standard InChI is InChI=1S/C25H33N3O4S/c1-30-15-5-3-4-6-16-32-21-13-11-19(12-14-21)23-27-28-17-22(26-25(28)33-23)18-7-9-20(10-8-18)24(29)31-2/h11-14,17-18,20H,3-10,15-16H2,1-2H3. The van der Waals surface area contributed by atoms with Crippen molar-refractivity contribution in [3.05, 3.63) is 36.2 Å². The Balaban J connectivity index is 1.29. The van der Waals surface area contributed by atoms with Gasteiger partial charge in [0.05, 0.1) is 31.5 Å². The highest BCUT2D eigenvalue weighted by Crippen LogP contribution is 2.37. The number of carbonyl (C=O) groups excluding carboxylic acids is 1. The molecule has 1 aliphatic carbocycles. The maximum Gasteiger partial charge on any atom is 0.308 e. The van der Waals surface area contributed by atoms with Gasteiger partial charge in [0, 0.05) is 25.2 Å². The molecule has 8 heteroatoms. The molecule has 0 radical (unpaired) electrons. The van der Waals surface area contributed by atoms with E-state index in [4.69, 9.17) is 24.3 Å². The van der Waals surface area contributed by atoms with Crippen molar-refractivity contribution in [1.29, 1.82) is 0 Å². The molecule has 0 N–H and O–H groups in total. The van der Waals surface area contributed by atoms with Crippen LogP contribution in [0, 0.1) is 5.92 Å². The number of nitrogens with zero attached hydrogens (tertiary/aromatic N) is 3. The van der Waals surface area contributed by atoms with Crippen molar-refractivity contribution < 1.29 is 19.0 Å². The van der Waals surface area contributed by atoms with Crippen LogP contribution in [0.3, 0.4) is 0 Å². The number of carbonyl (C=O) groups is 1. The quantitative estimate of drug-likeness (QED) is 0.272. The lowest BCUT2D eigenvalue weighted by molar-refractivity contribution is -0.146. The van der Waals surface area contributed by atoms with Gasteiger partial charge in [0.15, 0.2) is 0 Å². The van der Waals surface area contributed by atoms with E-state index < -0.39 is 0 Å². The average molecular weight is 472 g/mol. The van der Waals surface area contributed by atoms with Crippen molar-refractivity contribution in [2.45, 2.75) is 57.3 Å². The number of esters is 1. The molecule has 0 unspecified atom stereocenters. The molecule has 0 aliphatic heterocycles. The summed E-state index contributed by atoms with van der Waals surface area (Å²) in [7, 11) is 3.21. The SMILES string of the molecule is COCCCCCCOc1ccc(-c2nn3cc(C4CCC(C(=O)OC)CC4)nc3s2)cc1. The fourth-order valence-electron chi connectivity index (χ4n) is 4.41. The molecule has 0 amide bonds. The summed E-state index contributed by atoms with van der Waals surface area (Å²) in [6.07, 6.45) is 10.2. The Hall–Kier alpha value is -2.45. The van der Waals surface area contributed by atoms with Crippen LogP contribution in [0.1, 0.15) is 63.0 Å². The first-order valence-electron chi connectivity index (χ1n) is 11.8. The van der Waals surface area contributed by atoms with Crippen LogP contribution < -0.4 is 4.74 Å². The largest absolute Gasteiger partial charge is 0.494 e. The van der Waals surface area contributed by atoms with Crippen LogP contribution in [0.4, 0.5) is 0 Å². The van der Waals surface area contributed by atoms with E-state index in [1.807, 2.05) is 22.8 Å². The number of ether oxygens (including phenoxy) is 3. The Morgan fingerprint density at radius 3 is 2.42 bits per heavy atom. The van der Waals surface area contributed by atoms with Crippen LogP contribution in [-0.4, -0.2) is 48.0 Å². The lowest BCUT2D eigenvalue weighted by Crippen LogP contribution is -2.22. The van der Waals surface area contributed by atoms with E-state index in [0.29, 0.717) is 5.92 Å². The van der Waals surface area contributed by atoms with Gasteiger partial charge in [-0.3, -0.25) is 4.79 Å². The highest BCUT2D eigenvalue weighted by molar-refractivity contribution is 7.19. The first kappa shape index (κ1) is 23.7. The van der Waals surface area contributed by atoms with Crippen LogP contribution in [0.2, 0.25) is 0 Å². The van der Waals surface area contributed by atoms with Crippen molar-refractivity contribution in [3.8, 4) is 16.3 Å². The summed E-state index contributed by atoms with van der Waals surface area (Å²) in [4.78, 5) is 17.5. The van der Waals surface area contributed by atoms with E-state index in [2.05, 4.69) is 12.1 Å². The Morgan fingerprint density at radius 1 is 1.03 bits per heavy atom. The van der Waals surface area contributed by atoms with Gasteiger partial charge >= 0.3 is 5.97 Å². The number of rotatable bonds is 11. The van der Waals surface area contributed by atoms with Gasteiger partial charge in [-0.2, -0.15) is 5.10 Å². The second-order valence-corrected chi connectivity index (χ2v) is 9.61. The van der Waals surface area contributed by atoms with Crippen molar-refractivity contribution in [3.63, 3.8) is 0 Å². The van der Waals surface area contributed by atoms with Gasteiger partial charge in [-0.25, -0.2) is 9.50 Å². The van der Waals surface area contributed by atoms with Gasteiger partial charge in [-0.05, 0) is 69.2 Å². The lowest BCUT2D eigenvalue weighted by atomic mass is 9.81. The third-order valence-corrected chi connectivity index (χ3v) is 7.33. The van der Waals surface area contributed by atoms with Crippen molar-refractivity contribution in [1.82, 2.24) is 14.6 Å². The number of hydrogen-bond acceptors (Lipinski definition) is 7. The zero-order chi connectivity index (χ0) is 23.0. The molecule has 2 aromatic heterocycles. The molecule has 1 aliphatic rings. The van der Waals surface area contributed by atoms with Gasteiger partial charge in [0.25, 0.3) is 0 Å². The summed E-state index contributed by atoms with van der Waals surface area (Å²) in [6, 6.07) is 8.13. The third kappa shape index (κ3) is 6.12. The minimum atomic E-state index is -0.0834. The topological polar surface area (TPSA) is 75.0 Å². The van der Waals surface area contributed by atoms with E-state index in [1.165, 1.54) is 13.5 Å². The summed E-state index contributed by atoms with van der Waals surface area (Å²) in [5, 5.41) is 5.69. The Kier molecular flexibility index (Phi) is 8.34. The number of unbranched alkanes of at least 4 members (excludes halogenated alkanes) is 3. The number of imidazole rings is 1. The minimum Gasteiger partial charge on any atom is -0.494 e. The van der Waals surface area contributed by atoms with Gasteiger partial charge < -0.3 is 14.2 Å². The van der Waals surface area contributed by atoms with E-state index in [-0.39, 0.29) is 11.9 Å².